The van der Waals surface area contributed by atoms with Crippen molar-refractivity contribution in [3.8, 4) is 5.75 Å². The van der Waals surface area contributed by atoms with Gasteiger partial charge in [0.15, 0.2) is 0 Å². The van der Waals surface area contributed by atoms with Crippen molar-refractivity contribution in [3.63, 3.8) is 0 Å². The second-order valence-electron chi connectivity index (χ2n) is 3.73. The molecule has 0 atom stereocenters. The molecule has 0 aromatic heterocycles. The lowest BCUT2D eigenvalue weighted by Gasteiger charge is -2.11. The fourth-order valence-corrected chi connectivity index (χ4v) is 1.52. The van der Waals surface area contributed by atoms with E-state index in [1.807, 2.05) is 18.2 Å². The van der Waals surface area contributed by atoms with Crippen LogP contribution in [-0.2, 0) is 17.8 Å². The third kappa shape index (κ3) is 4.25. The Morgan fingerprint density at radius 2 is 2.22 bits per heavy atom. The lowest BCUT2D eigenvalue weighted by Crippen LogP contribution is -2.27. The van der Waals surface area contributed by atoms with Crippen molar-refractivity contribution in [3.05, 3.63) is 29.3 Å². The average Bonchev–Trinajstić information content (AvgIpc) is 2.42. The second-order valence-corrected chi connectivity index (χ2v) is 3.73. The number of amides is 1. The van der Waals surface area contributed by atoms with Crippen LogP contribution in [0.1, 0.15) is 18.1 Å². The molecule has 1 aromatic rings. The second kappa shape index (κ2) is 7.55. The van der Waals surface area contributed by atoms with E-state index >= 15 is 0 Å². The van der Waals surface area contributed by atoms with Gasteiger partial charge in [-0.2, -0.15) is 0 Å². The molecule has 0 spiro atoms. The maximum absolute atomic E-state index is 11.2. The molecule has 0 fully saturated rings. The van der Waals surface area contributed by atoms with Crippen molar-refractivity contribution in [2.45, 2.75) is 20.0 Å². The summed E-state index contributed by atoms with van der Waals surface area (Å²) in [4.78, 5) is 11.2. The molecule has 0 bridgehead atoms. The molecule has 5 heteroatoms. The maximum atomic E-state index is 11.2. The van der Waals surface area contributed by atoms with Crippen molar-refractivity contribution < 1.29 is 19.4 Å². The number of hydrogen-bond acceptors (Lipinski definition) is 4. The van der Waals surface area contributed by atoms with Gasteiger partial charge in [-0.1, -0.05) is 13.0 Å². The summed E-state index contributed by atoms with van der Waals surface area (Å²) in [6, 6.07) is 5.80. The van der Waals surface area contributed by atoms with Gasteiger partial charge in [0.25, 0.3) is 0 Å². The van der Waals surface area contributed by atoms with Crippen LogP contribution in [0.5, 0.6) is 5.75 Å². The highest BCUT2D eigenvalue weighted by molar-refractivity contribution is 5.67. The number of nitrogens with one attached hydrogen (secondary N) is 1. The molecule has 5 nitrogen and oxygen atoms in total. The van der Waals surface area contributed by atoms with Gasteiger partial charge in [0.05, 0.1) is 13.7 Å². The Morgan fingerprint density at radius 1 is 1.44 bits per heavy atom. The van der Waals surface area contributed by atoms with Crippen molar-refractivity contribution in [2.75, 3.05) is 20.3 Å². The Morgan fingerprint density at radius 3 is 2.83 bits per heavy atom. The zero-order chi connectivity index (χ0) is 13.4. The van der Waals surface area contributed by atoms with Crippen LogP contribution in [-0.4, -0.2) is 31.5 Å². The first kappa shape index (κ1) is 14.3. The van der Waals surface area contributed by atoms with Crippen molar-refractivity contribution >= 4 is 6.09 Å². The number of hydrogen-bond donors (Lipinski definition) is 2. The summed E-state index contributed by atoms with van der Waals surface area (Å²) in [7, 11) is 1.58. The summed E-state index contributed by atoms with van der Waals surface area (Å²) in [5.41, 5.74) is 1.99. The summed E-state index contributed by atoms with van der Waals surface area (Å²) in [5.74, 6) is 0.696. The summed E-state index contributed by atoms with van der Waals surface area (Å²) in [6.07, 6.45) is 0.362. The smallest absolute Gasteiger partial charge is 0.407 e. The Bertz CT molecular complexity index is 393. The molecule has 0 heterocycles. The molecule has 100 valence electrons. The molecule has 1 amide bonds. The third-order valence-corrected chi connectivity index (χ3v) is 2.49. The van der Waals surface area contributed by atoms with Crippen LogP contribution < -0.4 is 10.1 Å². The van der Waals surface area contributed by atoms with E-state index in [1.54, 1.807) is 7.11 Å². The molecule has 0 aliphatic heterocycles. The Balaban J connectivity index is 2.62. The van der Waals surface area contributed by atoms with Crippen LogP contribution >= 0.6 is 0 Å². The SMILES string of the molecule is CCc1ccc(OC)c(COC(=O)NCCO)c1. The van der Waals surface area contributed by atoms with Gasteiger partial charge in [-0.3, -0.25) is 0 Å². The molecule has 2 N–H and O–H groups in total. The van der Waals surface area contributed by atoms with E-state index in [0.717, 1.165) is 17.5 Å². The van der Waals surface area contributed by atoms with Gasteiger partial charge in [0.1, 0.15) is 12.4 Å². The van der Waals surface area contributed by atoms with Gasteiger partial charge in [-0.05, 0) is 24.1 Å². The van der Waals surface area contributed by atoms with Crippen LogP contribution in [0.25, 0.3) is 0 Å². The normalized spacial score (nSPS) is 9.94. The lowest BCUT2D eigenvalue weighted by molar-refractivity contribution is 0.136. The Kier molecular flexibility index (Phi) is 6.00. The first-order valence-corrected chi connectivity index (χ1v) is 5.88. The van der Waals surface area contributed by atoms with Crippen LogP contribution in [0.3, 0.4) is 0 Å². The van der Waals surface area contributed by atoms with Gasteiger partial charge < -0.3 is 19.9 Å². The fraction of sp³-hybridized carbons (Fsp3) is 0.462. The predicted molar refractivity (Wildman–Crippen MR) is 67.6 cm³/mol. The minimum Gasteiger partial charge on any atom is -0.496 e. The zero-order valence-electron chi connectivity index (χ0n) is 10.7. The molecule has 0 aliphatic rings. The van der Waals surface area contributed by atoms with E-state index < -0.39 is 6.09 Å². The van der Waals surface area contributed by atoms with E-state index in [4.69, 9.17) is 14.6 Å². The van der Waals surface area contributed by atoms with Gasteiger partial charge in [-0.25, -0.2) is 4.79 Å². The van der Waals surface area contributed by atoms with Gasteiger partial charge in [0, 0.05) is 12.1 Å². The minimum absolute atomic E-state index is 0.107. The van der Waals surface area contributed by atoms with Crippen molar-refractivity contribution in [2.24, 2.45) is 0 Å². The molecule has 0 aliphatic carbocycles. The fourth-order valence-electron chi connectivity index (χ4n) is 1.52. The van der Waals surface area contributed by atoms with E-state index in [1.165, 1.54) is 0 Å². The maximum Gasteiger partial charge on any atom is 0.407 e. The number of benzene rings is 1. The minimum atomic E-state index is -0.548. The number of carbonyl (C=O) groups excluding carboxylic acids is 1. The molecule has 1 rings (SSSR count). The topological polar surface area (TPSA) is 67.8 Å². The number of aliphatic hydroxyl groups excluding tert-OH is 1. The number of rotatable bonds is 6. The number of ether oxygens (including phenoxy) is 2. The van der Waals surface area contributed by atoms with Crippen LogP contribution in [0, 0.1) is 0 Å². The zero-order valence-corrected chi connectivity index (χ0v) is 10.7. The van der Waals surface area contributed by atoms with Crippen LogP contribution in [0.15, 0.2) is 18.2 Å². The number of methoxy groups -OCH3 is 1. The first-order chi connectivity index (χ1) is 8.71. The molecule has 18 heavy (non-hydrogen) atoms. The summed E-state index contributed by atoms with van der Waals surface area (Å²) >= 11 is 0. The Hall–Kier alpha value is -1.75. The highest BCUT2D eigenvalue weighted by Gasteiger charge is 2.07. The first-order valence-electron chi connectivity index (χ1n) is 5.88. The molecular formula is C13H19NO4. The quantitative estimate of drug-likeness (QED) is 0.805. The summed E-state index contributed by atoms with van der Waals surface area (Å²) in [5, 5.41) is 11.0. The number of aliphatic hydroxyl groups is 1. The van der Waals surface area contributed by atoms with Gasteiger partial charge in [0.2, 0.25) is 0 Å². The number of aryl methyl sites for hydroxylation is 1. The molecule has 0 unspecified atom stereocenters. The average molecular weight is 253 g/mol. The molecule has 0 saturated carbocycles. The largest absolute Gasteiger partial charge is 0.496 e. The van der Waals surface area contributed by atoms with E-state index in [-0.39, 0.29) is 19.8 Å². The highest BCUT2D eigenvalue weighted by atomic mass is 16.5. The predicted octanol–water partition coefficient (Wildman–Crippen LogP) is 1.48. The van der Waals surface area contributed by atoms with Gasteiger partial charge in [-0.15, -0.1) is 0 Å². The lowest BCUT2D eigenvalue weighted by atomic mass is 10.1. The Labute approximate surface area is 107 Å². The third-order valence-electron chi connectivity index (χ3n) is 2.49. The molecule has 0 radical (unpaired) electrons. The van der Waals surface area contributed by atoms with E-state index in [0.29, 0.717) is 5.75 Å². The van der Waals surface area contributed by atoms with Crippen LogP contribution in [0.4, 0.5) is 4.79 Å². The number of alkyl carbamates (subject to hydrolysis) is 1. The van der Waals surface area contributed by atoms with Crippen molar-refractivity contribution in [1.82, 2.24) is 5.32 Å². The molecular weight excluding hydrogens is 234 g/mol. The van der Waals surface area contributed by atoms with Gasteiger partial charge >= 0.3 is 6.09 Å². The summed E-state index contributed by atoms with van der Waals surface area (Å²) in [6.45, 7) is 2.28. The monoisotopic (exact) mass is 253 g/mol. The summed E-state index contributed by atoms with van der Waals surface area (Å²) < 4.78 is 10.2. The van der Waals surface area contributed by atoms with Crippen molar-refractivity contribution in [1.29, 1.82) is 0 Å². The van der Waals surface area contributed by atoms with E-state index in [9.17, 15) is 4.79 Å². The highest BCUT2D eigenvalue weighted by Crippen LogP contribution is 2.21. The standard InChI is InChI=1S/C13H19NO4/c1-3-10-4-5-12(17-2)11(8-10)9-18-13(16)14-6-7-15/h4-5,8,15H,3,6-7,9H2,1-2H3,(H,14,16). The van der Waals surface area contributed by atoms with E-state index in [2.05, 4.69) is 12.2 Å². The molecule has 1 aromatic carbocycles. The number of carbonyl (C=O) groups is 1. The van der Waals surface area contributed by atoms with Crippen LogP contribution in [0.2, 0.25) is 0 Å². The molecule has 0 saturated heterocycles.